The Bertz CT molecular complexity index is 360. The zero-order valence-corrected chi connectivity index (χ0v) is 11.8. The van der Waals surface area contributed by atoms with Crippen LogP contribution in [-0.4, -0.2) is 19.2 Å². The Morgan fingerprint density at radius 3 is 2.67 bits per heavy atom. The molecule has 0 fully saturated rings. The van der Waals surface area contributed by atoms with Crippen molar-refractivity contribution in [3.63, 3.8) is 0 Å². The van der Waals surface area contributed by atoms with Crippen molar-refractivity contribution >= 4 is 0 Å². The minimum Gasteiger partial charge on any atom is -0.489 e. The van der Waals surface area contributed by atoms with Crippen molar-refractivity contribution in [1.29, 1.82) is 0 Å². The first kappa shape index (κ1) is 14.8. The molecule has 0 radical (unpaired) electrons. The molecule has 0 heterocycles. The molecule has 0 aromatic heterocycles. The van der Waals surface area contributed by atoms with Gasteiger partial charge in [-0.15, -0.1) is 6.58 Å². The van der Waals surface area contributed by atoms with Crippen LogP contribution in [0.4, 0.5) is 0 Å². The van der Waals surface area contributed by atoms with Crippen LogP contribution < -0.4 is 10.1 Å². The molecule has 0 aliphatic carbocycles. The van der Waals surface area contributed by atoms with Crippen molar-refractivity contribution in [2.75, 3.05) is 13.1 Å². The van der Waals surface area contributed by atoms with Gasteiger partial charge in [0.05, 0.1) is 0 Å². The maximum atomic E-state index is 6.15. The van der Waals surface area contributed by atoms with E-state index in [2.05, 4.69) is 38.7 Å². The second-order valence-electron chi connectivity index (χ2n) is 4.81. The van der Waals surface area contributed by atoms with Gasteiger partial charge in [-0.25, -0.2) is 0 Å². The maximum Gasteiger partial charge on any atom is 0.123 e. The normalized spacial score (nSPS) is 12.4. The molecule has 1 aromatic carbocycles. The number of benzene rings is 1. The Labute approximate surface area is 111 Å². The number of ether oxygens (including phenoxy) is 1. The van der Waals surface area contributed by atoms with Gasteiger partial charge in [-0.1, -0.05) is 45.0 Å². The smallest absolute Gasteiger partial charge is 0.123 e. The molecule has 1 atom stereocenters. The summed E-state index contributed by atoms with van der Waals surface area (Å²) in [6.07, 6.45) is 2.97. The number of nitrogens with one attached hydrogen (secondary N) is 1. The summed E-state index contributed by atoms with van der Waals surface area (Å²) in [5, 5.41) is 3.36. The van der Waals surface area contributed by atoms with E-state index in [0.29, 0.717) is 5.92 Å². The third kappa shape index (κ3) is 4.53. The van der Waals surface area contributed by atoms with Gasteiger partial charge in [-0.05, 0) is 30.5 Å². The highest BCUT2D eigenvalue weighted by Crippen LogP contribution is 2.22. The standard InChI is InChI=1S/C16H25NO/c1-5-9-14-10-7-8-11-15(14)18-16(13(3)4)12-17-6-2/h5,7-8,10-11,13,16-17H,1,6,9,12H2,2-4H3. The van der Waals surface area contributed by atoms with Gasteiger partial charge in [0, 0.05) is 6.54 Å². The second-order valence-corrected chi connectivity index (χ2v) is 4.81. The van der Waals surface area contributed by atoms with Crippen LogP contribution in [0.3, 0.4) is 0 Å². The van der Waals surface area contributed by atoms with E-state index in [9.17, 15) is 0 Å². The Morgan fingerprint density at radius 2 is 2.06 bits per heavy atom. The summed E-state index contributed by atoms with van der Waals surface area (Å²) in [5.41, 5.74) is 1.20. The van der Waals surface area contributed by atoms with E-state index in [0.717, 1.165) is 25.3 Å². The number of allylic oxidation sites excluding steroid dienone is 1. The van der Waals surface area contributed by atoms with Crippen molar-refractivity contribution in [3.8, 4) is 5.75 Å². The molecule has 1 aromatic rings. The average Bonchev–Trinajstić information content (AvgIpc) is 2.36. The first-order valence-corrected chi connectivity index (χ1v) is 6.75. The van der Waals surface area contributed by atoms with Crippen molar-refractivity contribution in [3.05, 3.63) is 42.5 Å². The van der Waals surface area contributed by atoms with Crippen molar-refractivity contribution in [1.82, 2.24) is 5.32 Å². The van der Waals surface area contributed by atoms with E-state index >= 15 is 0 Å². The van der Waals surface area contributed by atoms with E-state index in [1.807, 2.05) is 24.3 Å². The Balaban J connectivity index is 2.76. The fraction of sp³-hybridized carbons (Fsp3) is 0.500. The van der Waals surface area contributed by atoms with Crippen LogP contribution >= 0.6 is 0 Å². The van der Waals surface area contributed by atoms with E-state index < -0.39 is 0 Å². The van der Waals surface area contributed by atoms with Crippen molar-refractivity contribution in [2.45, 2.75) is 33.3 Å². The zero-order valence-electron chi connectivity index (χ0n) is 11.8. The lowest BCUT2D eigenvalue weighted by molar-refractivity contribution is 0.148. The lowest BCUT2D eigenvalue weighted by Crippen LogP contribution is -2.35. The SMILES string of the molecule is C=CCc1ccccc1OC(CNCC)C(C)C. The molecule has 0 aliphatic rings. The van der Waals surface area contributed by atoms with Gasteiger partial charge in [-0.2, -0.15) is 0 Å². The van der Waals surface area contributed by atoms with Crippen LogP contribution in [0.2, 0.25) is 0 Å². The predicted molar refractivity (Wildman–Crippen MR) is 78.1 cm³/mol. The summed E-state index contributed by atoms with van der Waals surface area (Å²) < 4.78 is 6.15. The van der Waals surface area contributed by atoms with Crippen LogP contribution in [0.15, 0.2) is 36.9 Å². The molecule has 1 rings (SSSR count). The topological polar surface area (TPSA) is 21.3 Å². The molecule has 1 N–H and O–H groups in total. The number of rotatable bonds is 8. The summed E-state index contributed by atoms with van der Waals surface area (Å²) in [4.78, 5) is 0. The quantitative estimate of drug-likeness (QED) is 0.711. The Hall–Kier alpha value is -1.28. The number of likely N-dealkylation sites (N-methyl/N-ethyl adjacent to an activating group) is 1. The van der Waals surface area contributed by atoms with Crippen molar-refractivity contribution in [2.24, 2.45) is 5.92 Å². The van der Waals surface area contributed by atoms with Gasteiger partial charge in [0.25, 0.3) is 0 Å². The summed E-state index contributed by atoms with van der Waals surface area (Å²) in [7, 11) is 0. The summed E-state index contributed by atoms with van der Waals surface area (Å²) in [6.45, 7) is 12.2. The molecule has 1 unspecified atom stereocenters. The fourth-order valence-electron chi connectivity index (χ4n) is 1.81. The van der Waals surface area contributed by atoms with E-state index in [1.165, 1.54) is 5.56 Å². The van der Waals surface area contributed by atoms with Gasteiger partial charge >= 0.3 is 0 Å². The molecule has 100 valence electrons. The van der Waals surface area contributed by atoms with E-state index in [-0.39, 0.29) is 6.10 Å². The molecular weight excluding hydrogens is 222 g/mol. The van der Waals surface area contributed by atoms with E-state index in [4.69, 9.17) is 4.74 Å². The predicted octanol–water partition coefficient (Wildman–Crippen LogP) is 3.43. The summed E-state index contributed by atoms with van der Waals surface area (Å²) >= 11 is 0. The highest BCUT2D eigenvalue weighted by molar-refractivity contribution is 5.34. The van der Waals surface area contributed by atoms with Gasteiger partial charge in [-0.3, -0.25) is 0 Å². The van der Waals surface area contributed by atoms with Crippen molar-refractivity contribution < 1.29 is 4.74 Å². The molecule has 2 nitrogen and oxygen atoms in total. The first-order valence-electron chi connectivity index (χ1n) is 6.75. The zero-order chi connectivity index (χ0) is 13.4. The van der Waals surface area contributed by atoms with Crippen LogP contribution in [0.5, 0.6) is 5.75 Å². The highest BCUT2D eigenvalue weighted by atomic mass is 16.5. The average molecular weight is 247 g/mol. The minimum atomic E-state index is 0.205. The van der Waals surface area contributed by atoms with Crippen LogP contribution in [0.1, 0.15) is 26.3 Å². The van der Waals surface area contributed by atoms with Gasteiger partial charge in [0.1, 0.15) is 11.9 Å². The Kier molecular flexibility index (Phi) is 6.51. The van der Waals surface area contributed by atoms with Crippen LogP contribution in [-0.2, 0) is 6.42 Å². The molecule has 0 spiro atoms. The first-order chi connectivity index (χ1) is 8.69. The van der Waals surface area contributed by atoms with Gasteiger partial charge < -0.3 is 10.1 Å². The molecule has 18 heavy (non-hydrogen) atoms. The lowest BCUT2D eigenvalue weighted by atomic mass is 10.1. The van der Waals surface area contributed by atoms with Gasteiger partial charge in [0.15, 0.2) is 0 Å². The number of hydrogen-bond donors (Lipinski definition) is 1. The molecule has 0 bridgehead atoms. The number of para-hydroxylation sites is 1. The summed E-state index contributed by atoms with van der Waals surface area (Å²) in [6, 6.07) is 8.20. The number of hydrogen-bond acceptors (Lipinski definition) is 2. The monoisotopic (exact) mass is 247 g/mol. The molecule has 0 saturated heterocycles. The largest absolute Gasteiger partial charge is 0.489 e. The minimum absolute atomic E-state index is 0.205. The molecule has 0 aliphatic heterocycles. The summed E-state index contributed by atoms with van der Waals surface area (Å²) in [5.74, 6) is 1.47. The van der Waals surface area contributed by atoms with Crippen LogP contribution in [0, 0.1) is 5.92 Å². The molecule has 0 amide bonds. The molecular formula is C16H25NO. The molecule has 0 saturated carbocycles. The van der Waals surface area contributed by atoms with E-state index in [1.54, 1.807) is 0 Å². The lowest BCUT2D eigenvalue weighted by Gasteiger charge is -2.24. The highest BCUT2D eigenvalue weighted by Gasteiger charge is 2.15. The van der Waals surface area contributed by atoms with Crippen LogP contribution in [0.25, 0.3) is 0 Å². The van der Waals surface area contributed by atoms with Gasteiger partial charge in [0.2, 0.25) is 0 Å². The maximum absolute atomic E-state index is 6.15. The third-order valence-corrected chi connectivity index (χ3v) is 2.95. The Morgan fingerprint density at radius 1 is 1.33 bits per heavy atom. The fourth-order valence-corrected chi connectivity index (χ4v) is 1.81. The second kappa shape index (κ2) is 7.93. The third-order valence-electron chi connectivity index (χ3n) is 2.95. The molecule has 2 heteroatoms.